The second-order valence-corrected chi connectivity index (χ2v) is 5.92. The monoisotopic (exact) mass is 292 g/mol. The van der Waals surface area contributed by atoms with E-state index in [1.165, 1.54) is 4.88 Å². The van der Waals surface area contributed by atoms with Crippen molar-refractivity contribution < 1.29 is 4.79 Å². The lowest BCUT2D eigenvalue weighted by Gasteiger charge is -2.17. The summed E-state index contributed by atoms with van der Waals surface area (Å²) in [5.41, 5.74) is 8.16. The number of thiophene rings is 1. The van der Waals surface area contributed by atoms with Crippen molar-refractivity contribution in [3.8, 4) is 0 Å². The Morgan fingerprint density at radius 3 is 2.80 bits per heavy atom. The molecule has 0 aromatic carbocycles. The molecular weight excluding hydrogens is 272 g/mol. The van der Waals surface area contributed by atoms with Gasteiger partial charge in [0.15, 0.2) is 0 Å². The number of carbonyl (C=O) groups excluding carboxylic acids is 1. The number of nitrogens with two attached hydrogens (primary N) is 1. The zero-order valence-corrected chi connectivity index (χ0v) is 12.9. The lowest BCUT2D eigenvalue weighted by molar-refractivity contribution is -0.130. The van der Waals surface area contributed by atoms with Crippen molar-refractivity contribution in [1.82, 2.24) is 14.7 Å². The Labute approximate surface area is 123 Å². The number of amides is 1. The van der Waals surface area contributed by atoms with Gasteiger partial charge in [-0.15, -0.1) is 11.3 Å². The molecule has 2 aromatic heterocycles. The van der Waals surface area contributed by atoms with Gasteiger partial charge >= 0.3 is 0 Å². The highest BCUT2D eigenvalue weighted by Crippen LogP contribution is 2.15. The smallest absolute Gasteiger partial charge is 0.244 e. The van der Waals surface area contributed by atoms with Gasteiger partial charge in [-0.3, -0.25) is 9.48 Å². The van der Waals surface area contributed by atoms with E-state index in [1.807, 2.05) is 27.0 Å². The third-order valence-corrected chi connectivity index (χ3v) is 4.36. The zero-order valence-electron chi connectivity index (χ0n) is 12.1. The Morgan fingerprint density at radius 2 is 2.25 bits per heavy atom. The van der Waals surface area contributed by atoms with E-state index in [4.69, 9.17) is 5.73 Å². The lowest BCUT2D eigenvalue weighted by atomic mass is 10.3. The average Bonchev–Trinajstić information content (AvgIpc) is 3.02. The van der Waals surface area contributed by atoms with E-state index in [0.717, 1.165) is 17.8 Å². The van der Waals surface area contributed by atoms with Crippen LogP contribution in [-0.4, -0.2) is 34.2 Å². The molecule has 0 bridgehead atoms. The molecule has 0 saturated heterocycles. The summed E-state index contributed by atoms with van der Waals surface area (Å²) >= 11 is 1.72. The summed E-state index contributed by atoms with van der Waals surface area (Å²) in [7, 11) is 1.82. The number of aromatic nitrogens is 2. The standard InChI is InChI=1S/C14H20N4OS/c1-10-14(15)11(2)18(16-10)9-13(19)17(3)7-6-12-5-4-8-20-12/h4-5,8H,6-7,9,15H2,1-3H3. The largest absolute Gasteiger partial charge is 0.396 e. The fourth-order valence-corrected chi connectivity index (χ4v) is 2.67. The van der Waals surface area contributed by atoms with Crippen LogP contribution in [0.25, 0.3) is 0 Å². The van der Waals surface area contributed by atoms with Crippen LogP contribution in [-0.2, 0) is 17.8 Å². The van der Waals surface area contributed by atoms with Gasteiger partial charge in [-0.2, -0.15) is 5.10 Å². The van der Waals surface area contributed by atoms with Gasteiger partial charge in [0.25, 0.3) is 0 Å². The number of aryl methyl sites for hydroxylation is 1. The highest BCUT2D eigenvalue weighted by atomic mass is 32.1. The molecule has 0 aliphatic carbocycles. The summed E-state index contributed by atoms with van der Waals surface area (Å²) in [4.78, 5) is 15.2. The third kappa shape index (κ3) is 3.19. The lowest BCUT2D eigenvalue weighted by Crippen LogP contribution is -2.32. The van der Waals surface area contributed by atoms with Crippen molar-refractivity contribution in [2.24, 2.45) is 0 Å². The molecule has 0 saturated carbocycles. The minimum absolute atomic E-state index is 0.0483. The van der Waals surface area contributed by atoms with Crippen LogP contribution in [0.2, 0.25) is 0 Å². The number of nitrogen functional groups attached to an aromatic ring is 1. The fourth-order valence-electron chi connectivity index (χ4n) is 1.97. The van der Waals surface area contributed by atoms with E-state index < -0.39 is 0 Å². The molecule has 0 aliphatic heterocycles. The Bertz CT molecular complexity index is 589. The predicted octanol–water partition coefficient (Wildman–Crippen LogP) is 1.84. The first-order valence-electron chi connectivity index (χ1n) is 6.55. The molecule has 2 rings (SSSR count). The van der Waals surface area contributed by atoms with Gasteiger partial charge < -0.3 is 10.6 Å². The Morgan fingerprint density at radius 1 is 1.50 bits per heavy atom. The van der Waals surface area contributed by atoms with Crippen molar-refractivity contribution in [3.63, 3.8) is 0 Å². The molecule has 2 N–H and O–H groups in total. The molecule has 5 nitrogen and oxygen atoms in total. The second-order valence-electron chi connectivity index (χ2n) is 4.89. The van der Waals surface area contributed by atoms with Crippen LogP contribution in [0.5, 0.6) is 0 Å². The van der Waals surface area contributed by atoms with Gasteiger partial charge in [-0.1, -0.05) is 6.07 Å². The summed E-state index contributed by atoms with van der Waals surface area (Å²) in [6.07, 6.45) is 0.888. The molecule has 20 heavy (non-hydrogen) atoms. The Kier molecular flexibility index (Phi) is 4.44. The molecule has 0 aliphatic rings. The number of nitrogens with zero attached hydrogens (tertiary/aromatic N) is 3. The van der Waals surface area contributed by atoms with Crippen molar-refractivity contribution in [2.45, 2.75) is 26.8 Å². The highest BCUT2D eigenvalue weighted by molar-refractivity contribution is 7.09. The average molecular weight is 292 g/mol. The first-order valence-corrected chi connectivity index (χ1v) is 7.43. The van der Waals surface area contributed by atoms with Crippen LogP contribution < -0.4 is 5.73 Å². The second kappa shape index (κ2) is 6.09. The fraction of sp³-hybridized carbons (Fsp3) is 0.429. The van der Waals surface area contributed by atoms with Crippen molar-refractivity contribution in [3.05, 3.63) is 33.8 Å². The molecular formula is C14H20N4OS. The van der Waals surface area contributed by atoms with Gasteiger partial charge in [0, 0.05) is 18.5 Å². The number of hydrogen-bond acceptors (Lipinski definition) is 4. The first kappa shape index (κ1) is 14.6. The quantitative estimate of drug-likeness (QED) is 0.914. The van der Waals surface area contributed by atoms with Crippen molar-refractivity contribution in [1.29, 1.82) is 0 Å². The maximum atomic E-state index is 12.2. The molecule has 1 amide bonds. The Balaban J connectivity index is 1.92. The molecule has 0 unspecified atom stereocenters. The van der Waals surface area contributed by atoms with Gasteiger partial charge in [0.1, 0.15) is 6.54 Å². The molecule has 0 radical (unpaired) electrons. The van der Waals surface area contributed by atoms with Crippen LogP contribution in [0.4, 0.5) is 5.69 Å². The summed E-state index contributed by atoms with van der Waals surface area (Å²) in [5.74, 6) is 0.0483. The van der Waals surface area contributed by atoms with Gasteiger partial charge in [0.05, 0.1) is 17.1 Å². The predicted molar refractivity (Wildman–Crippen MR) is 81.8 cm³/mol. The molecule has 108 valence electrons. The summed E-state index contributed by atoms with van der Waals surface area (Å²) in [6.45, 7) is 4.69. The minimum atomic E-state index is 0.0483. The summed E-state index contributed by atoms with van der Waals surface area (Å²) in [5, 5.41) is 6.34. The maximum absolute atomic E-state index is 12.2. The third-order valence-electron chi connectivity index (χ3n) is 3.42. The number of likely N-dealkylation sites (N-methyl/N-ethyl adjacent to an activating group) is 1. The molecule has 0 fully saturated rings. The number of rotatable bonds is 5. The zero-order chi connectivity index (χ0) is 14.7. The van der Waals surface area contributed by atoms with Gasteiger partial charge in [-0.25, -0.2) is 0 Å². The molecule has 0 atom stereocenters. The number of hydrogen-bond donors (Lipinski definition) is 1. The molecule has 6 heteroatoms. The highest BCUT2D eigenvalue weighted by Gasteiger charge is 2.14. The van der Waals surface area contributed by atoms with Crippen LogP contribution in [0.15, 0.2) is 17.5 Å². The SMILES string of the molecule is Cc1nn(CC(=O)N(C)CCc2cccs2)c(C)c1N. The maximum Gasteiger partial charge on any atom is 0.244 e. The van der Waals surface area contributed by atoms with Crippen LogP contribution in [0, 0.1) is 13.8 Å². The van der Waals surface area contributed by atoms with Crippen LogP contribution in [0.3, 0.4) is 0 Å². The summed E-state index contributed by atoms with van der Waals surface area (Å²) < 4.78 is 1.68. The van der Waals surface area contributed by atoms with Crippen LogP contribution in [0.1, 0.15) is 16.3 Å². The van der Waals surface area contributed by atoms with Gasteiger partial charge in [-0.05, 0) is 31.7 Å². The Hall–Kier alpha value is -1.82. The van der Waals surface area contributed by atoms with E-state index in [-0.39, 0.29) is 12.5 Å². The number of anilines is 1. The van der Waals surface area contributed by atoms with E-state index in [1.54, 1.807) is 20.9 Å². The van der Waals surface area contributed by atoms with Crippen molar-refractivity contribution in [2.75, 3.05) is 19.3 Å². The van der Waals surface area contributed by atoms with Crippen LogP contribution >= 0.6 is 11.3 Å². The number of carbonyl (C=O) groups is 1. The molecule has 0 spiro atoms. The topological polar surface area (TPSA) is 64.2 Å². The molecule has 2 aromatic rings. The van der Waals surface area contributed by atoms with E-state index in [0.29, 0.717) is 12.2 Å². The van der Waals surface area contributed by atoms with E-state index >= 15 is 0 Å². The van der Waals surface area contributed by atoms with Gasteiger partial charge in [0.2, 0.25) is 5.91 Å². The molecule has 2 heterocycles. The van der Waals surface area contributed by atoms with Crippen molar-refractivity contribution >= 4 is 22.9 Å². The summed E-state index contributed by atoms with van der Waals surface area (Å²) in [6, 6.07) is 4.12. The minimum Gasteiger partial charge on any atom is -0.396 e. The van der Waals surface area contributed by atoms with E-state index in [9.17, 15) is 4.79 Å². The first-order chi connectivity index (χ1) is 9.49. The normalized spacial score (nSPS) is 10.8. The van der Waals surface area contributed by atoms with E-state index in [2.05, 4.69) is 16.5 Å².